The Bertz CT molecular complexity index is 821. The van der Waals surface area contributed by atoms with E-state index in [1.54, 1.807) is 0 Å². The molecule has 6 heteroatoms. The predicted octanol–water partition coefficient (Wildman–Crippen LogP) is 3.86. The molecule has 0 radical (unpaired) electrons. The molecule has 0 aliphatic carbocycles. The highest BCUT2D eigenvalue weighted by atomic mass is 32.1. The standard InChI is InChI=1S/C19H16N2O3S/c22-13-16-17(19(23)24)25-20-18(16)21(11-14-7-3-1-4-8-14)12-15-9-5-2-6-10-15/h1-10,13H,11-12H2,(H,23,24). The van der Waals surface area contributed by atoms with Crippen LogP contribution in [0.2, 0.25) is 0 Å². The predicted molar refractivity (Wildman–Crippen MR) is 97.2 cm³/mol. The number of carbonyl (C=O) groups is 2. The minimum Gasteiger partial charge on any atom is -0.477 e. The van der Waals surface area contributed by atoms with Crippen LogP contribution in [0.5, 0.6) is 0 Å². The lowest BCUT2D eigenvalue weighted by Crippen LogP contribution is -2.23. The second-order valence-corrected chi connectivity index (χ2v) is 6.27. The van der Waals surface area contributed by atoms with E-state index in [1.165, 1.54) is 0 Å². The van der Waals surface area contributed by atoms with Crippen molar-refractivity contribution in [2.24, 2.45) is 0 Å². The topological polar surface area (TPSA) is 70.5 Å². The number of carboxylic acids is 1. The first-order valence-corrected chi connectivity index (χ1v) is 8.47. The van der Waals surface area contributed by atoms with Crippen molar-refractivity contribution < 1.29 is 14.7 Å². The van der Waals surface area contributed by atoms with Gasteiger partial charge in [0.2, 0.25) is 0 Å². The van der Waals surface area contributed by atoms with E-state index in [9.17, 15) is 14.7 Å². The fourth-order valence-corrected chi connectivity index (χ4v) is 3.30. The number of aromatic carboxylic acids is 1. The molecule has 0 fully saturated rings. The molecule has 5 nitrogen and oxygen atoms in total. The smallest absolute Gasteiger partial charge is 0.348 e. The molecule has 0 spiro atoms. The van der Waals surface area contributed by atoms with Crippen molar-refractivity contribution in [3.63, 3.8) is 0 Å². The summed E-state index contributed by atoms with van der Waals surface area (Å²) in [7, 11) is 0. The number of rotatable bonds is 7. The second-order valence-electron chi connectivity index (χ2n) is 5.50. The van der Waals surface area contributed by atoms with Crippen LogP contribution in [-0.2, 0) is 13.1 Å². The fourth-order valence-electron chi connectivity index (χ4n) is 2.59. The summed E-state index contributed by atoms with van der Waals surface area (Å²) in [6.45, 7) is 1.05. The molecule has 0 atom stereocenters. The SMILES string of the molecule is O=Cc1c(N(Cc2ccccc2)Cc2ccccc2)nsc1C(=O)O. The van der Waals surface area contributed by atoms with Crippen LogP contribution in [0.25, 0.3) is 0 Å². The van der Waals surface area contributed by atoms with E-state index in [4.69, 9.17) is 0 Å². The molecule has 0 amide bonds. The zero-order valence-electron chi connectivity index (χ0n) is 13.3. The highest BCUT2D eigenvalue weighted by molar-refractivity contribution is 7.08. The molecule has 1 heterocycles. The summed E-state index contributed by atoms with van der Waals surface area (Å²) in [6.07, 6.45) is 0.575. The van der Waals surface area contributed by atoms with E-state index in [2.05, 4.69) is 4.37 Å². The maximum absolute atomic E-state index is 11.5. The van der Waals surface area contributed by atoms with Gasteiger partial charge >= 0.3 is 5.97 Å². The van der Waals surface area contributed by atoms with Crippen molar-refractivity contribution >= 4 is 29.6 Å². The number of aldehydes is 1. The molecule has 3 aromatic rings. The number of anilines is 1. The van der Waals surface area contributed by atoms with Crippen molar-refractivity contribution in [1.29, 1.82) is 0 Å². The van der Waals surface area contributed by atoms with Gasteiger partial charge in [0.05, 0.1) is 5.56 Å². The summed E-state index contributed by atoms with van der Waals surface area (Å²) in [4.78, 5) is 24.7. The summed E-state index contributed by atoms with van der Waals surface area (Å²) in [6, 6.07) is 19.6. The van der Waals surface area contributed by atoms with Gasteiger partial charge in [-0.25, -0.2) is 4.79 Å². The van der Waals surface area contributed by atoms with Crippen LogP contribution in [0.15, 0.2) is 60.7 Å². The molecule has 0 aliphatic rings. The van der Waals surface area contributed by atoms with E-state index < -0.39 is 5.97 Å². The van der Waals surface area contributed by atoms with Crippen molar-refractivity contribution in [1.82, 2.24) is 4.37 Å². The number of nitrogens with zero attached hydrogens (tertiary/aromatic N) is 2. The van der Waals surface area contributed by atoms with Crippen molar-refractivity contribution in [2.45, 2.75) is 13.1 Å². The Balaban J connectivity index is 1.98. The van der Waals surface area contributed by atoms with Gasteiger partial charge in [-0.15, -0.1) is 0 Å². The van der Waals surface area contributed by atoms with Gasteiger partial charge in [0.1, 0.15) is 4.88 Å². The summed E-state index contributed by atoms with van der Waals surface area (Å²) in [5.41, 5.74) is 2.24. The lowest BCUT2D eigenvalue weighted by molar-refractivity contribution is 0.0699. The van der Waals surface area contributed by atoms with Crippen LogP contribution < -0.4 is 4.90 Å². The molecule has 2 aromatic carbocycles. The van der Waals surface area contributed by atoms with Crippen molar-refractivity contribution in [3.05, 3.63) is 82.2 Å². The fraction of sp³-hybridized carbons (Fsp3) is 0.105. The third kappa shape index (κ3) is 3.92. The first-order valence-electron chi connectivity index (χ1n) is 7.70. The normalized spacial score (nSPS) is 10.4. The van der Waals surface area contributed by atoms with E-state index in [1.807, 2.05) is 65.6 Å². The zero-order chi connectivity index (χ0) is 17.6. The Morgan fingerprint density at radius 3 is 1.96 bits per heavy atom. The molecule has 0 aliphatic heterocycles. The number of hydrogen-bond donors (Lipinski definition) is 1. The highest BCUT2D eigenvalue weighted by Crippen LogP contribution is 2.28. The molecule has 25 heavy (non-hydrogen) atoms. The summed E-state index contributed by atoms with van der Waals surface area (Å²) >= 11 is 0.836. The van der Waals surface area contributed by atoms with Crippen LogP contribution in [0.4, 0.5) is 5.82 Å². The number of hydrogen-bond acceptors (Lipinski definition) is 5. The molecular formula is C19H16N2O3S. The summed E-state index contributed by atoms with van der Waals surface area (Å²) in [5, 5.41) is 9.26. The first-order chi connectivity index (χ1) is 12.2. The van der Waals surface area contributed by atoms with Crippen molar-refractivity contribution in [3.8, 4) is 0 Å². The molecule has 0 unspecified atom stereocenters. The van der Waals surface area contributed by atoms with Crippen LogP contribution in [0.3, 0.4) is 0 Å². The van der Waals surface area contributed by atoms with Gasteiger partial charge in [0.15, 0.2) is 12.1 Å². The molecule has 1 aromatic heterocycles. The van der Waals surface area contributed by atoms with E-state index >= 15 is 0 Å². The Morgan fingerprint density at radius 1 is 1.00 bits per heavy atom. The average Bonchev–Trinajstić information content (AvgIpc) is 3.07. The van der Waals surface area contributed by atoms with E-state index in [0.717, 1.165) is 22.7 Å². The van der Waals surface area contributed by atoms with E-state index in [0.29, 0.717) is 25.2 Å². The van der Waals surface area contributed by atoms with Crippen LogP contribution in [0.1, 0.15) is 31.2 Å². The lowest BCUT2D eigenvalue weighted by atomic mass is 10.1. The number of carboxylic acid groups (broad SMARTS) is 1. The van der Waals surface area contributed by atoms with Crippen LogP contribution >= 0.6 is 11.5 Å². The molecule has 126 valence electrons. The van der Waals surface area contributed by atoms with Gasteiger partial charge in [0, 0.05) is 13.1 Å². The Labute approximate surface area is 149 Å². The maximum Gasteiger partial charge on any atom is 0.348 e. The largest absolute Gasteiger partial charge is 0.477 e. The molecule has 0 saturated carbocycles. The molecule has 0 saturated heterocycles. The van der Waals surface area contributed by atoms with Gasteiger partial charge in [0.25, 0.3) is 0 Å². The van der Waals surface area contributed by atoms with Crippen molar-refractivity contribution in [2.75, 3.05) is 4.90 Å². The average molecular weight is 352 g/mol. The summed E-state index contributed by atoms with van der Waals surface area (Å²) in [5.74, 6) is -0.727. The number of aromatic nitrogens is 1. The second kappa shape index (κ2) is 7.72. The van der Waals surface area contributed by atoms with Gasteiger partial charge < -0.3 is 10.0 Å². The Morgan fingerprint density at radius 2 is 1.52 bits per heavy atom. The zero-order valence-corrected chi connectivity index (χ0v) is 14.1. The number of carbonyl (C=O) groups excluding carboxylic acids is 1. The van der Waals surface area contributed by atoms with Crippen LogP contribution in [-0.4, -0.2) is 21.7 Å². The molecule has 1 N–H and O–H groups in total. The van der Waals surface area contributed by atoms with Gasteiger partial charge in [-0.05, 0) is 22.7 Å². The van der Waals surface area contributed by atoms with E-state index in [-0.39, 0.29) is 10.4 Å². The van der Waals surface area contributed by atoms with Crippen LogP contribution in [0, 0.1) is 0 Å². The van der Waals surface area contributed by atoms with Gasteiger partial charge in [-0.2, -0.15) is 4.37 Å². The summed E-state index contributed by atoms with van der Waals surface area (Å²) < 4.78 is 4.26. The molecule has 0 bridgehead atoms. The lowest BCUT2D eigenvalue weighted by Gasteiger charge is -2.23. The number of benzene rings is 2. The van der Waals surface area contributed by atoms with Gasteiger partial charge in [-0.1, -0.05) is 60.7 Å². The third-order valence-corrected chi connectivity index (χ3v) is 4.59. The molecule has 3 rings (SSSR count). The minimum absolute atomic E-state index is 0.0314. The molecular weight excluding hydrogens is 336 g/mol. The van der Waals surface area contributed by atoms with Gasteiger partial charge in [-0.3, -0.25) is 4.79 Å². The third-order valence-electron chi connectivity index (χ3n) is 3.75. The maximum atomic E-state index is 11.5. The minimum atomic E-state index is -1.13. The monoisotopic (exact) mass is 352 g/mol. The first kappa shape index (κ1) is 16.9. The Kier molecular flexibility index (Phi) is 5.20. The Hall–Kier alpha value is -2.99. The highest BCUT2D eigenvalue weighted by Gasteiger charge is 2.23. The quantitative estimate of drug-likeness (QED) is 0.654.